The molecule has 1 saturated heterocycles. The van der Waals surface area contributed by atoms with Crippen LogP contribution in [0.5, 0.6) is 0 Å². The van der Waals surface area contributed by atoms with Gasteiger partial charge in [-0.1, -0.05) is 61.2 Å². The van der Waals surface area contributed by atoms with Gasteiger partial charge in [0.1, 0.15) is 0 Å². The van der Waals surface area contributed by atoms with Crippen molar-refractivity contribution in [1.29, 1.82) is 5.26 Å². The molecule has 1 fully saturated rings. The van der Waals surface area contributed by atoms with Crippen molar-refractivity contribution < 1.29 is 4.79 Å². The number of allylic oxidation sites excluding steroid dienone is 1. The van der Waals surface area contributed by atoms with Gasteiger partial charge in [-0.25, -0.2) is 0 Å². The summed E-state index contributed by atoms with van der Waals surface area (Å²) in [4.78, 5) is 16.9. The van der Waals surface area contributed by atoms with Crippen LogP contribution in [0.2, 0.25) is 0 Å². The third-order valence-electron chi connectivity index (χ3n) is 5.21. The second-order valence-electron chi connectivity index (χ2n) is 6.79. The van der Waals surface area contributed by atoms with Crippen LogP contribution >= 0.6 is 11.8 Å². The van der Waals surface area contributed by atoms with Gasteiger partial charge in [-0.2, -0.15) is 5.26 Å². The van der Waals surface area contributed by atoms with E-state index < -0.39 is 0 Å². The average molecular weight is 375 g/mol. The number of para-hydroxylation sites is 1. The van der Waals surface area contributed by atoms with Crippen LogP contribution in [0, 0.1) is 11.3 Å². The topological polar surface area (TPSA) is 47.3 Å². The fourth-order valence-electron chi connectivity index (χ4n) is 3.63. The summed E-state index contributed by atoms with van der Waals surface area (Å²) in [6.07, 6.45) is 1.33. The van der Waals surface area contributed by atoms with Crippen molar-refractivity contribution in [2.75, 3.05) is 17.4 Å². The van der Waals surface area contributed by atoms with Crippen molar-refractivity contribution in [2.24, 2.45) is 0 Å². The number of carbonyl (C=O) groups excluding carboxylic acids is 1. The zero-order valence-corrected chi connectivity index (χ0v) is 16.1. The zero-order chi connectivity index (χ0) is 18.8. The van der Waals surface area contributed by atoms with Gasteiger partial charge in [-0.3, -0.25) is 9.69 Å². The minimum Gasteiger partial charge on any atom is -0.344 e. The number of carbonyl (C=O) groups is 1. The third kappa shape index (κ3) is 3.33. The Morgan fingerprint density at radius 1 is 1.15 bits per heavy atom. The van der Waals surface area contributed by atoms with Gasteiger partial charge in [0.25, 0.3) is 0 Å². The number of nitrogens with zero attached hydrogens (tertiary/aromatic N) is 3. The molecule has 27 heavy (non-hydrogen) atoms. The molecular weight excluding hydrogens is 354 g/mol. The molecule has 0 aromatic heterocycles. The maximum absolute atomic E-state index is 12.9. The Kier molecular flexibility index (Phi) is 4.91. The largest absolute Gasteiger partial charge is 0.344 e. The maximum atomic E-state index is 12.9. The molecule has 2 aromatic rings. The van der Waals surface area contributed by atoms with E-state index >= 15 is 0 Å². The quantitative estimate of drug-likeness (QED) is 0.794. The van der Waals surface area contributed by atoms with E-state index in [1.165, 1.54) is 5.56 Å². The molecule has 2 aliphatic rings. The molecule has 5 heteroatoms. The number of amides is 1. The molecule has 0 saturated carbocycles. The number of benzene rings is 2. The van der Waals surface area contributed by atoms with Crippen LogP contribution in [0.4, 0.5) is 5.69 Å². The zero-order valence-electron chi connectivity index (χ0n) is 15.3. The summed E-state index contributed by atoms with van der Waals surface area (Å²) in [5.41, 5.74) is 4.12. The highest BCUT2D eigenvalue weighted by molar-refractivity contribution is 8.03. The molecule has 4 nitrogen and oxygen atoms in total. The molecule has 1 atom stereocenters. The van der Waals surface area contributed by atoms with Crippen molar-refractivity contribution in [3.8, 4) is 6.07 Å². The second kappa shape index (κ2) is 7.50. The van der Waals surface area contributed by atoms with Crippen molar-refractivity contribution >= 4 is 23.4 Å². The average Bonchev–Trinajstić information content (AvgIpc) is 2.74. The molecule has 0 aliphatic carbocycles. The van der Waals surface area contributed by atoms with Crippen LogP contribution in [0.15, 0.2) is 65.2 Å². The molecule has 2 aliphatic heterocycles. The van der Waals surface area contributed by atoms with Gasteiger partial charge in [0, 0.05) is 18.0 Å². The minimum atomic E-state index is -0.143. The number of fused-ring (bicyclic) bond motifs is 1. The Labute approximate surface area is 164 Å². The normalized spacial score (nSPS) is 19.7. The number of nitriles is 1. The highest BCUT2D eigenvalue weighted by atomic mass is 32.2. The molecule has 2 heterocycles. The molecule has 2 aromatic carbocycles. The summed E-state index contributed by atoms with van der Waals surface area (Å²) in [5.74, 6) is 0.674. The van der Waals surface area contributed by atoms with Crippen LogP contribution in [0.1, 0.15) is 30.4 Å². The first-order valence-corrected chi connectivity index (χ1v) is 10.2. The van der Waals surface area contributed by atoms with E-state index in [9.17, 15) is 10.1 Å². The van der Waals surface area contributed by atoms with Gasteiger partial charge in [0.05, 0.1) is 29.2 Å². The first-order chi connectivity index (χ1) is 13.2. The van der Waals surface area contributed by atoms with E-state index in [4.69, 9.17) is 0 Å². The highest BCUT2D eigenvalue weighted by Gasteiger charge is 2.38. The number of rotatable bonds is 3. The Balaban J connectivity index is 1.65. The Hall–Kier alpha value is -2.71. The smallest absolute Gasteiger partial charge is 0.229 e. The standard InChI is InChI=1S/C22H21N3OS/c1-2-16-8-10-17(11-9-16)19-12-21(26)25-14-24(18-6-4-3-5-7-18)15-27-22(25)20(19)13-23/h3-11,19H,2,12,14-15H2,1H3/t19-/m1/s1. The monoisotopic (exact) mass is 375 g/mol. The van der Waals surface area contributed by atoms with E-state index in [1.807, 2.05) is 30.3 Å². The van der Waals surface area contributed by atoms with E-state index in [-0.39, 0.29) is 11.8 Å². The van der Waals surface area contributed by atoms with Crippen molar-refractivity contribution in [3.63, 3.8) is 0 Å². The van der Waals surface area contributed by atoms with E-state index in [1.54, 1.807) is 16.7 Å². The van der Waals surface area contributed by atoms with Gasteiger partial charge in [-0.05, 0) is 29.7 Å². The van der Waals surface area contributed by atoms with E-state index in [0.29, 0.717) is 13.1 Å². The second-order valence-corrected chi connectivity index (χ2v) is 7.73. The lowest BCUT2D eigenvalue weighted by atomic mass is 9.86. The van der Waals surface area contributed by atoms with Gasteiger partial charge in [-0.15, -0.1) is 0 Å². The lowest BCUT2D eigenvalue weighted by Crippen LogP contribution is -2.47. The molecule has 0 bridgehead atoms. The number of hydrogen-bond donors (Lipinski definition) is 0. The molecule has 0 unspecified atom stereocenters. The first-order valence-electron chi connectivity index (χ1n) is 9.17. The molecule has 0 radical (unpaired) electrons. The Morgan fingerprint density at radius 3 is 2.56 bits per heavy atom. The predicted octanol–water partition coefficient (Wildman–Crippen LogP) is 4.47. The van der Waals surface area contributed by atoms with Gasteiger partial charge < -0.3 is 4.90 Å². The fraction of sp³-hybridized carbons (Fsp3) is 0.273. The summed E-state index contributed by atoms with van der Waals surface area (Å²) in [7, 11) is 0. The van der Waals surface area contributed by atoms with Gasteiger partial charge >= 0.3 is 0 Å². The van der Waals surface area contributed by atoms with Crippen LogP contribution in [-0.2, 0) is 11.2 Å². The van der Waals surface area contributed by atoms with Gasteiger partial charge in [0.2, 0.25) is 5.91 Å². The van der Waals surface area contributed by atoms with Gasteiger partial charge in [0.15, 0.2) is 0 Å². The summed E-state index contributed by atoms with van der Waals surface area (Å²) in [6.45, 7) is 2.62. The van der Waals surface area contributed by atoms with Crippen molar-refractivity contribution in [2.45, 2.75) is 25.7 Å². The van der Waals surface area contributed by atoms with Crippen LogP contribution in [0.3, 0.4) is 0 Å². The fourth-order valence-corrected chi connectivity index (χ4v) is 4.80. The number of hydrogen-bond acceptors (Lipinski definition) is 4. The maximum Gasteiger partial charge on any atom is 0.229 e. The Morgan fingerprint density at radius 2 is 1.89 bits per heavy atom. The SMILES string of the molecule is CCc1ccc([C@H]2CC(=O)N3CN(c4ccccc4)CSC3=C2C#N)cc1. The molecule has 136 valence electrons. The summed E-state index contributed by atoms with van der Waals surface area (Å²) < 4.78 is 0. The van der Waals surface area contributed by atoms with Crippen molar-refractivity contribution in [1.82, 2.24) is 4.90 Å². The summed E-state index contributed by atoms with van der Waals surface area (Å²) >= 11 is 1.58. The van der Waals surface area contributed by atoms with Crippen LogP contribution in [0.25, 0.3) is 0 Å². The predicted molar refractivity (Wildman–Crippen MR) is 109 cm³/mol. The number of anilines is 1. The Bertz CT molecular complexity index is 915. The minimum absolute atomic E-state index is 0.0849. The lowest BCUT2D eigenvalue weighted by Gasteiger charge is -2.42. The molecule has 4 rings (SSSR count). The first kappa shape index (κ1) is 17.7. The molecular formula is C22H21N3OS. The third-order valence-corrected chi connectivity index (χ3v) is 6.36. The van der Waals surface area contributed by atoms with Crippen molar-refractivity contribution in [3.05, 3.63) is 76.3 Å². The summed E-state index contributed by atoms with van der Waals surface area (Å²) in [6, 6.07) is 20.8. The number of aryl methyl sites for hydroxylation is 1. The van der Waals surface area contributed by atoms with E-state index in [2.05, 4.69) is 42.2 Å². The van der Waals surface area contributed by atoms with Crippen LogP contribution < -0.4 is 4.90 Å². The lowest BCUT2D eigenvalue weighted by molar-refractivity contribution is -0.129. The van der Waals surface area contributed by atoms with Crippen LogP contribution in [-0.4, -0.2) is 23.4 Å². The van der Waals surface area contributed by atoms with E-state index in [0.717, 1.165) is 34.2 Å². The highest BCUT2D eigenvalue weighted by Crippen LogP contribution is 2.43. The molecule has 1 amide bonds. The number of thioether (sulfide) groups is 1. The summed E-state index contributed by atoms with van der Waals surface area (Å²) in [5, 5.41) is 10.7. The molecule has 0 spiro atoms. The molecule has 0 N–H and O–H groups in total.